The summed E-state index contributed by atoms with van der Waals surface area (Å²) in [5.41, 5.74) is 2.16. The van der Waals surface area contributed by atoms with Gasteiger partial charge in [-0.25, -0.2) is 0 Å². The summed E-state index contributed by atoms with van der Waals surface area (Å²) in [4.78, 5) is 28.8. The average Bonchev–Trinajstić information content (AvgIpc) is 2.79. The highest BCUT2D eigenvalue weighted by atomic mass is 35.5. The van der Waals surface area contributed by atoms with Crippen LogP contribution in [0.15, 0.2) is 67.0 Å². The smallest absolute Gasteiger partial charge is 0.255 e. The first-order valence-corrected chi connectivity index (χ1v) is 9.94. The molecular weight excluding hydrogens is 418 g/mol. The minimum absolute atomic E-state index is 0.237. The van der Waals surface area contributed by atoms with Crippen LogP contribution in [0.25, 0.3) is 0 Å². The van der Waals surface area contributed by atoms with Gasteiger partial charge < -0.3 is 20.1 Å². The SMILES string of the molecule is COCCNC(=O)c1ccc(NC(=O)c2cccc(OCc3cccnc3)c2)cc1Cl. The Morgan fingerprint density at radius 3 is 2.68 bits per heavy atom. The molecule has 160 valence electrons. The van der Waals surface area contributed by atoms with Crippen molar-refractivity contribution in [2.24, 2.45) is 0 Å². The average molecular weight is 440 g/mol. The van der Waals surface area contributed by atoms with E-state index in [4.69, 9.17) is 21.1 Å². The Hall–Kier alpha value is -3.42. The van der Waals surface area contributed by atoms with Crippen LogP contribution >= 0.6 is 11.6 Å². The van der Waals surface area contributed by atoms with E-state index in [0.717, 1.165) is 5.56 Å². The van der Waals surface area contributed by atoms with Gasteiger partial charge in [0, 0.05) is 42.9 Å². The van der Waals surface area contributed by atoms with Gasteiger partial charge in [-0.15, -0.1) is 0 Å². The predicted molar refractivity (Wildman–Crippen MR) is 119 cm³/mol. The summed E-state index contributed by atoms with van der Waals surface area (Å²) in [6.45, 7) is 1.13. The van der Waals surface area contributed by atoms with Crippen LogP contribution in [0.2, 0.25) is 5.02 Å². The van der Waals surface area contributed by atoms with Crippen LogP contribution in [0.4, 0.5) is 5.69 Å². The Bertz CT molecular complexity index is 1040. The van der Waals surface area contributed by atoms with Crippen molar-refractivity contribution in [1.82, 2.24) is 10.3 Å². The van der Waals surface area contributed by atoms with Gasteiger partial charge in [-0.1, -0.05) is 23.7 Å². The molecule has 0 aliphatic carbocycles. The van der Waals surface area contributed by atoms with Gasteiger partial charge in [0.1, 0.15) is 12.4 Å². The molecule has 3 aromatic rings. The molecule has 3 rings (SSSR count). The third kappa shape index (κ3) is 6.53. The number of amides is 2. The lowest BCUT2D eigenvalue weighted by molar-refractivity contribution is 0.0937. The molecule has 0 saturated heterocycles. The largest absolute Gasteiger partial charge is 0.489 e. The highest BCUT2D eigenvalue weighted by Gasteiger charge is 2.13. The van der Waals surface area contributed by atoms with Gasteiger partial charge in [-0.3, -0.25) is 14.6 Å². The second kappa shape index (κ2) is 11.1. The molecule has 2 amide bonds. The van der Waals surface area contributed by atoms with Crippen LogP contribution in [0.3, 0.4) is 0 Å². The van der Waals surface area contributed by atoms with Crippen molar-refractivity contribution in [3.63, 3.8) is 0 Å². The zero-order valence-corrected chi connectivity index (χ0v) is 17.7. The number of carbonyl (C=O) groups is 2. The van der Waals surface area contributed by atoms with Crippen molar-refractivity contribution < 1.29 is 19.1 Å². The monoisotopic (exact) mass is 439 g/mol. The van der Waals surface area contributed by atoms with Gasteiger partial charge in [-0.05, 0) is 42.5 Å². The quantitative estimate of drug-likeness (QED) is 0.493. The molecule has 0 aliphatic heterocycles. The number of methoxy groups -OCH3 is 1. The first-order chi connectivity index (χ1) is 15.1. The molecule has 0 radical (unpaired) electrons. The van der Waals surface area contributed by atoms with Crippen molar-refractivity contribution in [3.8, 4) is 5.75 Å². The molecule has 0 spiro atoms. The lowest BCUT2D eigenvalue weighted by Gasteiger charge is -2.11. The molecule has 2 aromatic carbocycles. The lowest BCUT2D eigenvalue weighted by Crippen LogP contribution is -2.27. The predicted octanol–water partition coefficient (Wildman–Crippen LogP) is 3.94. The number of hydrogen-bond donors (Lipinski definition) is 2. The maximum absolute atomic E-state index is 12.6. The van der Waals surface area contributed by atoms with Crippen molar-refractivity contribution in [1.29, 1.82) is 0 Å². The highest BCUT2D eigenvalue weighted by molar-refractivity contribution is 6.34. The van der Waals surface area contributed by atoms with Gasteiger partial charge in [0.2, 0.25) is 0 Å². The molecule has 31 heavy (non-hydrogen) atoms. The number of anilines is 1. The second-order valence-electron chi connectivity index (χ2n) is 6.58. The van der Waals surface area contributed by atoms with Gasteiger partial charge in [0.25, 0.3) is 11.8 Å². The number of benzene rings is 2. The summed E-state index contributed by atoms with van der Waals surface area (Å²) in [5, 5.41) is 5.72. The molecule has 1 aromatic heterocycles. The lowest BCUT2D eigenvalue weighted by atomic mass is 10.1. The Labute approximate surface area is 185 Å². The maximum atomic E-state index is 12.6. The van der Waals surface area contributed by atoms with Gasteiger partial charge in [0.15, 0.2) is 0 Å². The number of nitrogens with one attached hydrogen (secondary N) is 2. The number of halogens is 1. The highest BCUT2D eigenvalue weighted by Crippen LogP contribution is 2.22. The van der Waals surface area contributed by atoms with Crippen LogP contribution in [-0.4, -0.2) is 37.1 Å². The van der Waals surface area contributed by atoms with Crippen molar-refractivity contribution >= 4 is 29.1 Å². The van der Waals surface area contributed by atoms with Gasteiger partial charge in [-0.2, -0.15) is 0 Å². The minimum atomic E-state index is -0.319. The van der Waals surface area contributed by atoms with Crippen LogP contribution in [0, 0.1) is 0 Å². The van der Waals surface area contributed by atoms with E-state index in [2.05, 4.69) is 15.6 Å². The zero-order valence-electron chi connectivity index (χ0n) is 16.9. The summed E-state index contributed by atoms with van der Waals surface area (Å²) in [6, 6.07) is 15.3. The summed E-state index contributed by atoms with van der Waals surface area (Å²) >= 11 is 6.22. The van der Waals surface area contributed by atoms with E-state index in [1.807, 2.05) is 12.1 Å². The molecule has 2 N–H and O–H groups in total. The number of pyridine rings is 1. The fraction of sp³-hybridized carbons (Fsp3) is 0.174. The second-order valence-corrected chi connectivity index (χ2v) is 6.98. The summed E-state index contributed by atoms with van der Waals surface area (Å²) in [5.74, 6) is -0.0591. The third-order valence-electron chi connectivity index (χ3n) is 4.29. The van der Waals surface area contributed by atoms with Gasteiger partial charge in [0.05, 0.1) is 17.2 Å². The van der Waals surface area contributed by atoms with E-state index in [1.54, 1.807) is 55.9 Å². The van der Waals surface area contributed by atoms with E-state index < -0.39 is 0 Å². The number of carbonyl (C=O) groups excluding carboxylic acids is 2. The first kappa shape index (κ1) is 22.3. The Morgan fingerprint density at radius 1 is 1.06 bits per heavy atom. The number of hydrogen-bond acceptors (Lipinski definition) is 5. The molecule has 0 fully saturated rings. The van der Waals surface area contributed by atoms with E-state index in [-0.39, 0.29) is 16.8 Å². The normalized spacial score (nSPS) is 10.4. The van der Waals surface area contributed by atoms with Crippen LogP contribution in [0.5, 0.6) is 5.75 Å². The van der Waals surface area contributed by atoms with Gasteiger partial charge >= 0.3 is 0 Å². The first-order valence-electron chi connectivity index (χ1n) is 9.56. The summed E-state index contributed by atoms with van der Waals surface area (Å²) < 4.78 is 10.6. The molecule has 1 heterocycles. The van der Waals surface area contributed by atoms with Crippen LogP contribution < -0.4 is 15.4 Å². The summed E-state index contributed by atoms with van der Waals surface area (Å²) in [7, 11) is 1.55. The molecule has 0 saturated carbocycles. The molecule has 7 nitrogen and oxygen atoms in total. The maximum Gasteiger partial charge on any atom is 0.255 e. The Kier molecular flexibility index (Phi) is 7.98. The summed E-state index contributed by atoms with van der Waals surface area (Å²) in [6.07, 6.45) is 3.42. The Morgan fingerprint density at radius 2 is 1.94 bits per heavy atom. The number of rotatable bonds is 9. The fourth-order valence-corrected chi connectivity index (χ4v) is 2.99. The number of nitrogens with zero attached hydrogens (tertiary/aromatic N) is 1. The van der Waals surface area contributed by atoms with Crippen LogP contribution in [-0.2, 0) is 11.3 Å². The molecule has 0 atom stereocenters. The van der Waals surface area contributed by atoms with E-state index >= 15 is 0 Å². The van der Waals surface area contributed by atoms with Crippen molar-refractivity contribution in [2.75, 3.05) is 25.6 Å². The van der Waals surface area contributed by atoms with E-state index in [0.29, 0.717) is 42.3 Å². The molecule has 0 bridgehead atoms. The number of ether oxygens (including phenoxy) is 2. The third-order valence-corrected chi connectivity index (χ3v) is 4.60. The topological polar surface area (TPSA) is 89.6 Å². The number of aromatic nitrogens is 1. The standard InChI is InChI=1S/C23H22ClN3O4/c1-30-11-10-26-23(29)20-8-7-18(13-21(20)24)27-22(28)17-5-2-6-19(12-17)31-15-16-4-3-9-25-14-16/h2-9,12-14H,10-11,15H2,1H3,(H,26,29)(H,27,28). The Balaban J connectivity index is 1.62. The van der Waals surface area contributed by atoms with Crippen molar-refractivity contribution in [2.45, 2.75) is 6.61 Å². The fourth-order valence-electron chi connectivity index (χ4n) is 2.72. The zero-order chi connectivity index (χ0) is 22.1. The minimum Gasteiger partial charge on any atom is -0.489 e. The molecule has 8 heteroatoms. The molecular formula is C23H22ClN3O4. The van der Waals surface area contributed by atoms with E-state index in [9.17, 15) is 9.59 Å². The van der Waals surface area contributed by atoms with Crippen LogP contribution in [0.1, 0.15) is 26.3 Å². The molecule has 0 unspecified atom stereocenters. The molecule has 0 aliphatic rings. The van der Waals surface area contributed by atoms with E-state index in [1.165, 1.54) is 6.07 Å². The van der Waals surface area contributed by atoms with Crippen molar-refractivity contribution in [3.05, 3.63) is 88.7 Å².